The Kier molecular flexibility index (Phi) is 3.08. The molecule has 0 bridgehead atoms. The molecule has 0 aliphatic carbocycles. The van der Waals surface area contributed by atoms with Crippen molar-refractivity contribution < 1.29 is 4.79 Å². The molecule has 5 nitrogen and oxygen atoms in total. The fourth-order valence-corrected chi connectivity index (χ4v) is 2.92. The molecule has 3 rings (SSSR count). The predicted molar refractivity (Wildman–Crippen MR) is 81.0 cm³/mol. The van der Waals surface area contributed by atoms with E-state index in [1.54, 1.807) is 24.3 Å². The van der Waals surface area contributed by atoms with Gasteiger partial charge in [-0.25, -0.2) is 9.97 Å². The molecule has 0 atom stereocenters. The van der Waals surface area contributed by atoms with Crippen molar-refractivity contribution in [3.8, 4) is 0 Å². The third kappa shape index (κ3) is 2.00. The van der Waals surface area contributed by atoms with Crippen LogP contribution in [0.2, 0.25) is 0 Å². The Morgan fingerprint density at radius 2 is 1.90 bits per heavy atom. The number of para-hydroxylation sites is 1. The Morgan fingerprint density at radius 1 is 1.20 bits per heavy atom. The maximum absolute atomic E-state index is 12.5. The lowest BCUT2D eigenvalue weighted by atomic mass is 10.2. The second kappa shape index (κ2) is 4.90. The number of aromatic nitrogens is 2. The smallest absolute Gasteiger partial charge is 0.270 e. The Hall–Kier alpha value is -2.47. The van der Waals surface area contributed by atoms with E-state index in [4.69, 9.17) is 5.73 Å². The van der Waals surface area contributed by atoms with Gasteiger partial charge in [-0.1, -0.05) is 18.2 Å². The predicted octanol–water partition coefficient (Wildman–Crippen LogP) is 2.55. The van der Waals surface area contributed by atoms with Gasteiger partial charge in [0.2, 0.25) is 0 Å². The summed E-state index contributed by atoms with van der Waals surface area (Å²) in [5, 5.41) is 0. The van der Waals surface area contributed by atoms with Crippen LogP contribution in [-0.4, -0.2) is 22.9 Å². The van der Waals surface area contributed by atoms with Gasteiger partial charge in [-0.3, -0.25) is 4.79 Å². The highest BCUT2D eigenvalue weighted by Crippen LogP contribution is 2.32. The van der Waals surface area contributed by atoms with Crippen LogP contribution in [0.15, 0.2) is 42.7 Å². The van der Waals surface area contributed by atoms with E-state index in [0.29, 0.717) is 20.9 Å². The van der Waals surface area contributed by atoms with Crippen LogP contribution in [0.1, 0.15) is 9.67 Å². The van der Waals surface area contributed by atoms with Gasteiger partial charge in [0.05, 0.1) is 5.69 Å². The fraction of sp³-hybridized carbons (Fsp3) is 0.0714. The molecule has 0 spiro atoms. The van der Waals surface area contributed by atoms with Gasteiger partial charge in [0.25, 0.3) is 5.91 Å². The largest absolute Gasteiger partial charge is 0.396 e. The van der Waals surface area contributed by atoms with Crippen LogP contribution in [0.5, 0.6) is 0 Å². The number of rotatable bonds is 2. The summed E-state index contributed by atoms with van der Waals surface area (Å²) in [6.45, 7) is 0. The Morgan fingerprint density at radius 3 is 2.60 bits per heavy atom. The number of benzene rings is 1. The maximum atomic E-state index is 12.5. The molecule has 6 heteroatoms. The van der Waals surface area contributed by atoms with Crippen molar-refractivity contribution in [3.05, 3.63) is 47.6 Å². The van der Waals surface area contributed by atoms with Gasteiger partial charge in [0.1, 0.15) is 15.2 Å². The number of nitrogen functional groups attached to an aromatic ring is 1. The first-order valence-corrected chi connectivity index (χ1v) is 6.82. The standard InChI is InChI=1S/C14H12N4OS/c1-18(9-5-3-2-4-6-9)14(19)12-10(15)11-13(20-12)17-8-7-16-11/h2-8H,15H2,1H3. The lowest BCUT2D eigenvalue weighted by Crippen LogP contribution is -2.25. The maximum Gasteiger partial charge on any atom is 0.270 e. The lowest BCUT2D eigenvalue weighted by molar-refractivity contribution is 0.0997. The van der Waals surface area contributed by atoms with Crippen molar-refractivity contribution >= 4 is 39.0 Å². The fourth-order valence-electron chi connectivity index (χ4n) is 1.92. The molecule has 1 amide bonds. The quantitative estimate of drug-likeness (QED) is 0.785. The van der Waals surface area contributed by atoms with E-state index in [1.165, 1.54) is 11.3 Å². The topological polar surface area (TPSA) is 72.1 Å². The van der Waals surface area contributed by atoms with E-state index in [1.807, 2.05) is 30.3 Å². The average Bonchev–Trinajstić information content (AvgIpc) is 2.84. The Bertz CT molecular complexity index is 769. The highest BCUT2D eigenvalue weighted by Gasteiger charge is 2.21. The van der Waals surface area contributed by atoms with Crippen LogP contribution in [-0.2, 0) is 0 Å². The molecule has 2 aromatic heterocycles. The van der Waals surface area contributed by atoms with E-state index in [2.05, 4.69) is 9.97 Å². The number of fused-ring (bicyclic) bond motifs is 1. The number of carbonyl (C=O) groups excluding carboxylic acids is 1. The van der Waals surface area contributed by atoms with Gasteiger partial charge in [-0.15, -0.1) is 11.3 Å². The van der Waals surface area contributed by atoms with E-state index in [9.17, 15) is 4.79 Å². The Balaban J connectivity index is 2.03. The number of hydrogen-bond donors (Lipinski definition) is 1. The lowest BCUT2D eigenvalue weighted by Gasteiger charge is -2.16. The summed E-state index contributed by atoms with van der Waals surface area (Å²) in [6.07, 6.45) is 3.16. The van der Waals surface area contributed by atoms with Crippen molar-refractivity contribution in [2.24, 2.45) is 0 Å². The van der Waals surface area contributed by atoms with E-state index in [-0.39, 0.29) is 5.91 Å². The molecule has 2 N–H and O–H groups in total. The Labute approximate surface area is 119 Å². The molecule has 0 aliphatic heterocycles. The normalized spacial score (nSPS) is 10.7. The molecule has 0 saturated carbocycles. The molecule has 0 radical (unpaired) electrons. The molecular formula is C14H12N4OS. The highest BCUT2D eigenvalue weighted by atomic mass is 32.1. The second-order valence-electron chi connectivity index (χ2n) is 4.25. The van der Waals surface area contributed by atoms with Gasteiger partial charge in [-0.2, -0.15) is 0 Å². The number of hydrogen-bond acceptors (Lipinski definition) is 5. The second-order valence-corrected chi connectivity index (χ2v) is 5.25. The number of amides is 1. The molecule has 100 valence electrons. The molecule has 1 aromatic carbocycles. The molecular weight excluding hydrogens is 272 g/mol. The number of nitrogens with two attached hydrogens (primary N) is 1. The first kappa shape index (κ1) is 12.6. The number of nitrogens with zero attached hydrogens (tertiary/aromatic N) is 3. The molecule has 2 heterocycles. The summed E-state index contributed by atoms with van der Waals surface area (Å²) < 4.78 is 0. The minimum atomic E-state index is -0.154. The highest BCUT2D eigenvalue weighted by molar-refractivity contribution is 7.21. The van der Waals surface area contributed by atoms with E-state index < -0.39 is 0 Å². The van der Waals surface area contributed by atoms with Gasteiger partial charge in [0.15, 0.2) is 0 Å². The zero-order valence-electron chi connectivity index (χ0n) is 10.8. The van der Waals surface area contributed by atoms with Crippen LogP contribution >= 0.6 is 11.3 Å². The molecule has 0 fully saturated rings. The summed E-state index contributed by atoms with van der Waals surface area (Å²) in [7, 11) is 1.72. The minimum Gasteiger partial charge on any atom is -0.396 e. The summed E-state index contributed by atoms with van der Waals surface area (Å²) >= 11 is 1.27. The molecule has 20 heavy (non-hydrogen) atoms. The van der Waals surface area contributed by atoms with Gasteiger partial charge < -0.3 is 10.6 Å². The van der Waals surface area contributed by atoms with Crippen LogP contribution < -0.4 is 10.6 Å². The van der Waals surface area contributed by atoms with Crippen molar-refractivity contribution in [2.45, 2.75) is 0 Å². The van der Waals surface area contributed by atoms with Crippen molar-refractivity contribution in [2.75, 3.05) is 17.7 Å². The van der Waals surface area contributed by atoms with Crippen LogP contribution in [0.4, 0.5) is 11.4 Å². The SMILES string of the molecule is CN(C(=O)c1sc2nccnc2c1N)c1ccccc1. The van der Waals surface area contributed by atoms with Gasteiger partial charge >= 0.3 is 0 Å². The molecule has 0 unspecified atom stereocenters. The molecule has 3 aromatic rings. The first-order chi connectivity index (χ1) is 9.68. The van der Waals surface area contributed by atoms with Crippen LogP contribution in [0, 0.1) is 0 Å². The number of thiophene rings is 1. The minimum absolute atomic E-state index is 0.154. The van der Waals surface area contributed by atoms with Crippen molar-refractivity contribution in [1.29, 1.82) is 0 Å². The summed E-state index contributed by atoms with van der Waals surface area (Å²) in [5.74, 6) is -0.154. The van der Waals surface area contributed by atoms with E-state index >= 15 is 0 Å². The molecule has 0 saturated heterocycles. The molecule has 0 aliphatic rings. The monoisotopic (exact) mass is 284 g/mol. The van der Waals surface area contributed by atoms with Gasteiger partial charge in [0, 0.05) is 25.1 Å². The summed E-state index contributed by atoms with van der Waals surface area (Å²) in [4.78, 5) is 23.6. The van der Waals surface area contributed by atoms with Crippen molar-refractivity contribution in [3.63, 3.8) is 0 Å². The number of anilines is 2. The average molecular weight is 284 g/mol. The summed E-state index contributed by atoms with van der Waals surface area (Å²) in [5.41, 5.74) is 7.81. The third-order valence-electron chi connectivity index (χ3n) is 3.01. The number of carbonyl (C=O) groups is 1. The van der Waals surface area contributed by atoms with Crippen molar-refractivity contribution in [1.82, 2.24) is 9.97 Å². The van der Waals surface area contributed by atoms with E-state index in [0.717, 1.165) is 5.69 Å². The zero-order chi connectivity index (χ0) is 14.1. The van der Waals surface area contributed by atoms with Crippen LogP contribution in [0.3, 0.4) is 0 Å². The summed E-state index contributed by atoms with van der Waals surface area (Å²) in [6, 6.07) is 9.42. The van der Waals surface area contributed by atoms with Crippen LogP contribution in [0.25, 0.3) is 10.3 Å². The third-order valence-corrected chi connectivity index (χ3v) is 4.10. The zero-order valence-corrected chi connectivity index (χ0v) is 11.6. The van der Waals surface area contributed by atoms with Gasteiger partial charge in [-0.05, 0) is 12.1 Å². The first-order valence-electron chi connectivity index (χ1n) is 6.00.